The molecule has 5 nitrogen and oxygen atoms in total. The number of ether oxygens (including phenoxy) is 2. The SMILES string of the molecule is N/C(=N/O)c1ccc(OC2COC2)cc1C(F)(F)F. The van der Waals surface area contributed by atoms with Crippen LogP contribution in [0.5, 0.6) is 5.75 Å². The first-order valence-electron chi connectivity index (χ1n) is 5.35. The summed E-state index contributed by atoms with van der Waals surface area (Å²) in [5.74, 6) is -0.541. The van der Waals surface area contributed by atoms with E-state index in [1.165, 1.54) is 6.07 Å². The van der Waals surface area contributed by atoms with E-state index >= 15 is 0 Å². The summed E-state index contributed by atoms with van der Waals surface area (Å²) in [4.78, 5) is 0. The number of alkyl halides is 3. The molecular formula is C11H11F3N2O3. The molecule has 0 radical (unpaired) electrons. The van der Waals surface area contributed by atoms with Gasteiger partial charge in [-0.1, -0.05) is 5.16 Å². The molecule has 1 aliphatic rings. The van der Waals surface area contributed by atoms with Crippen molar-refractivity contribution >= 4 is 5.84 Å². The van der Waals surface area contributed by atoms with Crippen LogP contribution in [-0.2, 0) is 10.9 Å². The van der Waals surface area contributed by atoms with Crippen molar-refractivity contribution in [2.75, 3.05) is 13.2 Å². The third kappa shape index (κ3) is 2.90. The summed E-state index contributed by atoms with van der Waals surface area (Å²) in [7, 11) is 0. The van der Waals surface area contributed by atoms with Crippen molar-refractivity contribution in [1.29, 1.82) is 0 Å². The molecule has 0 bridgehead atoms. The van der Waals surface area contributed by atoms with Gasteiger partial charge in [-0.25, -0.2) is 0 Å². The molecular weight excluding hydrogens is 265 g/mol. The molecule has 0 amide bonds. The van der Waals surface area contributed by atoms with Gasteiger partial charge in [0.1, 0.15) is 11.9 Å². The minimum absolute atomic E-state index is 0.0649. The predicted octanol–water partition coefficient (Wildman–Crippen LogP) is 1.58. The third-order valence-electron chi connectivity index (χ3n) is 2.59. The number of nitrogens with two attached hydrogens (primary N) is 1. The Hall–Kier alpha value is -1.96. The highest BCUT2D eigenvalue weighted by atomic mass is 19.4. The Bertz CT molecular complexity index is 498. The first-order chi connectivity index (χ1) is 8.91. The predicted molar refractivity (Wildman–Crippen MR) is 59.2 cm³/mol. The molecule has 0 aromatic heterocycles. The van der Waals surface area contributed by atoms with Crippen LogP contribution in [0.15, 0.2) is 23.4 Å². The zero-order chi connectivity index (χ0) is 14.0. The van der Waals surface area contributed by atoms with Gasteiger partial charge in [-0.2, -0.15) is 13.2 Å². The molecule has 0 spiro atoms. The Morgan fingerprint density at radius 2 is 2.11 bits per heavy atom. The summed E-state index contributed by atoms with van der Waals surface area (Å²) < 4.78 is 48.8. The average Bonchev–Trinajstić information content (AvgIpc) is 2.31. The minimum Gasteiger partial charge on any atom is -0.486 e. The first kappa shape index (κ1) is 13.5. The van der Waals surface area contributed by atoms with E-state index < -0.39 is 23.1 Å². The Morgan fingerprint density at radius 3 is 2.58 bits per heavy atom. The first-order valence-corrected chi connectivity index (χ1v) is 5.35. The standard InChI is InChI=1S/C11H11F3N2O3/c12-11(13,14)9-3-6(19-7-4-18-5-7)1-2-8(9)10(15)16-17/h1-3,7,17H,4-5H2,(H2,15,16). The van der Waals surface area contributed by atoms with Crippen LogP contribution in [0.1, 0.15) is 11.1 Å². The summed E-state index contributed by atoms with van der Waals surface area (Å²) in [6.45, 7) is 0.701. The topological polar surface area (TPSA) is 77.1 Å². The van der Waals surface area contributed by atoms with E-state index in [9.17, 15) is 13.2 Å². The zero-order valence-corrected chi connectivity index (χ0v) is 9.65. The van der Waals surface area contributed by atoms with Crippen molar-refractivity contribution in [3.05, 3.63) is 29.3 Å². The second-order valence-electron chi connectivity index (χ2n) is 3.97. The van der Waals surface area contributed by atoms with Gasteiger partial charge in [-0.15, -0.1) is 0 Å². The third-order valence-corrected chi connectivity index (χ3v) is 2.59. The van der Waals surface area contributed by atoms with Crippen molar-refractivity contribution in [2.45, 2.75) is 12.3 Å². The molecule has 0 unspecified atom stereocenters. The molecule has 1 saturated heterocycles. The highest BCUT2D eigenvalue weighted by Gasteiger charge is 2.35. The van der Waals surface area contributed by atoms with Crippen LogP contribution >= 0.6 is 0 Å². The molecule has 8 heteroatoms. The lowest BCUT2D eigenvalue weighted by Gasteiger charge is -2.27. The Morgan fingerprint density at radius 1 is 1.42 bits per heavy atom. The molecule has 1 aromatic rings. The van der Waals surface area contributed by atoms with Gasteiger partial charge in [0, 0.05) is 5.56 Å². The summed E-state index contributed by atoms with van der Waals surface area (Å²) in [6, 6.07) is 3.26. The molecule has 1 aliphatic heterocycles. The molecule has 0 saturated carbocycles. The lowest BCUT2D eigenvalue weighted by atomic mass is 10.1. The molecule has 1 aromatic carbocycles. The molecule has 1 heterocycles. The van der Waals surface area contributed by atoms with Gasteiger partial charge < -0.3 is 20.4 Å². The van der Waals surface area contributed by atoms with Crippen molar-refractivity contribution in [3.63, 3.8) is 0 Å². The van der Waals surface area contributed by atoms with E-state index in [0.717, 1.165) is 12.1 Å². The number of rotatable bonds is 3. The number of halogens is 3. The highest BCUT2D eigenvalue weighted by Crippen LogP contribution is 2.34. The van der Waals surface area contributed by atoms with Crippen LogP contribution in [-0.4, -0.2) is 30.4 Å². The Balaban J connectivity index is 2.35. The van der Waals surface area contributed by atoms with E-state index in [2.05, 4.69) is 5.16 Å². The number of amidine groups is 1. The zero-order valence-electron chi connectivity index (χ0n) is 9.65. The van der Waals surface area contributed by atoms with Gasteiger partial charge in [0.05, 0.1) is 18.8 Å². The lowest BCUT2D eigenvalue weighted by molar-refractivity contribution is -0.138. The van der Waals surface area contributed by atoms with Crippen molar-refractivity contribution < 1.29 is 27.9 Å². The maximum atomic E-state index is 12.9. The van der Waals surface area contributed by atoms with Crippen LogP contribution in [0, 0.1) is 0 Å². The van der Waals surface area contributed by atoms with Crippen LogP contribution in [0.4, 0.5) is 13.2 Å². The Kier molecular flexibility index (Phi) is 3.52. The van der Waals surface area contributed by atoms with Gasteiger partial charge in [0.2, 0.25) is 0 Å². The van der Waals surface area contributed by atoms with Crippen molar-refractivity contribution in [2.24, 2.45) is 10.9 Å². The fourth-order valence-electron chi connectivity index (χ4n) is 1.58. The second kappa shape index (κ2) is 4.96. The van der Waals surface area contributed by atoms with E-state index in [-0.39, 0.29) is 11.9 Å². The quantitative estimate of drug-likeness (QED) is 0.380. The molecule has 2 rings (SSSR count). The van der Waals surface area contributed by atoms with Gasteiger partial charge in [-0.05, 0) is 18.2 Å². The van der Waals surface area contributed by atoms with Crippen LogP contribution < -0.4 is 10.5 Å². The maximum absolute atomic E-state index is 12.9. The van der Waals surface area contributed by atoms with E-state index in [1.54, 1.807) is 0 Å². The largest absolute Gasteiger partial charge is 0.486 e. The molecule has 104 valence electrons. The van der Waals surface area contributed by atoms with Crippen LogP contribution in [0.2, 0.25) is 0 Å². The average molecular weight is 276 g/mol. The van der Waals surface area contributed by atoms with Crippen LogP contribution in [0.3, 0.4) is 0 Å². The number of hydrogen-bond acceptors (Lipinski definition) is 4. The molecule has 0 atom stereocenters. The van der Waals surface area contributed by atoms with E-state index in [0.29, 0.717) is 13.2 Å². The molecule has 1 fully saturated rings. The minimum atomic E-state index is -4.62. The molecule has 19 heavy (non-hydrogen) atoms. The second-order valence-corrected chi connectivity index (χ2v) is 3.97. The monoisotopic (exact) mass is 276 g/mol. The highest BCUT2D eigenvalue weighted by molar-refractivity contribution is 5.98. The van der Waals surface area contributed by atoms with Crippen molar-refractivity contribution in [3.8, 4) is 5.75 Å². The smallest absolute Gasteiger partial charge is 0.417 e. The number of oxime groups is 1. The van der Waals surface area contributed by atoms with E-state index in [4.69, 9.17) is 20.4 Å². The fraction of sp³-hybridized carbons (Fsp3) is 0.364. The molecule has 3 N–H and O–H groups in total. The van der Waals surface area contributed by atoms with E-state index in [1.807, 2.05) is 0 Å². The maximum Gasteiger partial charge on any atom is 0.417 e. The van der Waals surface area contributed by atoms with Gasteiger partial charge >= 0.3 is 6.18 Å². The number of hydrogen-bond donors (Lipinski definition) is 2. The normalized spacial score (nSPS) is 17.1. The van der Waals surface area contributed by atoms with Gasteiger partial charge in [-0.3, -0.25) is 0 Å². The van der Waals surface area contributed by atoms with Crippen molar-refractivity contribution in [1.82, 2.24) is 0 Å². The van der Waals surface area contributed by atoms with Gasteiger partial charge in [0.15, 0.2) is 5.84 Å². The van der Waals surface area contributed by atoms with Gasteiger partial charge in [0.25, 0.3) is 0 Å². The summed E-state index contributed by atoms with van der Waals surface area (Å²) in [5, 5.41) is 11.1. The number of benzene rings is 1. The lowest BCUT2D eigenvalue weighted by Crippen LogP contribution is -2.38. The summed E-state index contributed by atoms with van der Waals surface area (Å²) >= 11 is 0. The van der Waals surface area contributed by atoms with Crippen LogP contribution in [0.25, 0.3) is 0 Å². The Labute approximate surface area is 106 Å². The summed E-state index contributed by atoms with van der Waals surface area (Å²) in [5.41, 5.74) is 3.81. The summed E-state index contributed by atoms with van der Waals surface area (Å²) in [6.07, 6.45) is -4.86. The molecule has 0 aliphatic carbocycles. The number of nitrogens with zero attached hydrogens (tertiary/aromatic N) is 1. The fourth-order valence-corrected chi connectivity index (χ4v) is 1.58.